The zero-order valence-corrected chi connectivity index (χ0v) is 29.9. The van der Waals surface area contributed by atoms with Crippen LogP contribution in [0.3, 0.4) is 0 Å². The molecule has 3 heteroatoms. The molecule has 0 saturated carbocycles. The number of halogens is 1. The van der Waals surface area contributed by atoms with Gasteiger partial charge in [0.15, 0.2) is 0 Å². The van der Waals surface area contributed by atoms with Crippen LogP contribution in [0.5, 0.6) is 0 Å². The molecule has 0 aromatic rings. The summed E-state index contributed by atoms with van der Waals surface area (Å²) in [5, 5.41) is 0. The van der Waals surface area contributed by atoms with E-state index in [9.17, 15) is 0 Å². The van der Waals surface area contributed by atoms with Crippen LogP contribution in [0.25, 0.3) is 0 Å². The topological polar surface area (TPSA) is 6.25 Å². The van der Waals surface area contributed by atoms with Crippen LogP contribution in [-0.2, 0) is 0 Å². The Bertz CT molecular complexity index is 546. The van der Waals surface area contributed by atoms with Crippen LogP contribution in [0.15, 0.2) is 0 Å². The highest BCUT2D eigenvalue weighted by Gasteiger charge is 2.34. The molecule has 40 heavy (non-hydrogen) atoms. The average Bonchev–Trinajstić information content (AvgIpc) is 3.25. The van der Waals surface area contributed by atoms with Crippen LogP contribution >= 0.6 is 0 Å². The third-order valence-electron chi connectivity index (χ3n) is 9.53. The Hall–Kier alpha value is -0.0500. The van der Waals surface area contributed by atoms with Gasteiger partial charge in [0.1, 0.15) is 12.6 Å². The van der Waals surface area contributed by atoms with Gasteiger partial charge in [-0.3, -0.25) is 9.48 Å². The summed E-state index contributed by atoms with van der Waals surface area (Å²) in [6, 6.07) is 0.763. The fraction of sp³-hybridized carbons (Fsp3) is 0.973. The molecule has 0 aromatic heterocycles. The van der Waals surface area contributed by atoms with E-state index in [2.05, 4.69) is 37.3 Å². The normalized spacial score (nSPS) is 15.3. The van der Waals surface area contributed by atoms with Gasteiger partial charge in [-0.2, -0.15) is 0 Å². The van der Waals surface area contributed by atoms with Crippen LogP contribution < -0.4 is 17.0 Å². The van der Waals surface area contributed by atoms with E-state index in [-0.39, 0.29) is 17.0 Å². The second kappa shape index (κ2) is 30.4. The van der Waals surface area contributed by atoms with Crippen molar-refractivity contribution in [2.75, 3.05) is 20.1 Å². The third-order valence-corrected chi connectivity index (χ3v) is 9.53. The number of rotatable bonds is 30. The molecule has 1 atom stereocenters. The summed E-state index contributed by atoms with van der Waals surface area (Å²) in [7, 11) is 2.39. The Kier molecular flexibility index (Phi) is 30.4. The lowest BCUT2D eigenvalue weighted by atomic mass is 10.0. The van der Waals surface area contributed by atoms with Crippen molar-refractivity contribution in [3.8, 4) is 0 Å². The molecule has 0 aliphatic carbocycles. The van der Waals surface area contributed by atoms with Gasteiger partial charge >= 0.3 is 0 Å². The van der Waals surface area contributed by atoms with Crippen molar-refractivity contribution in [1.82, 2.24) is 4.90 Å². The summed E-state index contributed by atoms with van der Waals surface area (Å²) in [6.07, 6.45) is 41.9. The number of nitrogens with zero attached hydrogens (tertiary/aromatic N) is 2. The number of likely N-dealkylation sites (N-methyl/N-ethyl adjacent to an activating group) is 2. The molecule has 1 unspecified atom stereocenters. The number of hydrogen-bond donors (Lipinski definition) is 0. The van der Waals surface area contributed by atoms with Gasteiger partial charge in [-0.15, -0.1) is 0 Å². The molecule has 1 aliphatic heterocycles. The Balaban J connectivity index is 0.0000152. The Morgan fingerprint density at radius 2 is 0.825 bits per heavy atom. The quantitative estimate of drug-likeness (QED) is 0.0569. The predicted molar refractivity (Wildman–Crippen MR) is 177 cm³/mol. The van der Waals surface area contributed by atoms with Crippen LogP contribution in [0.1, 0.15) is 207 Å². The SMILES string of the molecule is CCCCCCCCCCCCCCCCC1CN(CC)C(CCCCCCCCCCCCCCC)=[N+]1C.[Br-]. The van der Waals surface area contributed by atoms with Crippen molar-refractivity contribution < 1.29 is 21.6 Å². The van der Waals surface area contributed by atoms with E-state index >= 15 is 0 Å². The lowest BCUT2D eigenvalue weighted by molar-refractivity contribution is -0.529. The van der Waals surface area contributed by atoms with Gasteiger partial charge in [-0.1, -0.05) is 174 Å². The Labute approximate surface area is 264 Å². The van der Waals surface area contributed by atoms with E-state index in [1.54, 1.807) is 5.84 Å². The van der Waals surface area contributed by atoms with Crippen molar-refractivity contribution in [1.29, 1.82) is 0 Å². The maximum Gasteiger partial charge on any atom is 0.247 e. The first kappa shape index (κ1) is 40.0. The maximum absolute atomic E-state index is 2.69. The molecule has 0 spiro atoms. The minimum atomic E-state index is 0. The van der Waals surface area contributed by atoms with Gasteiger partial charge in [0, 0.05) is 6.42 Å². The molecule has 0 bridgehead atoms. The van der Waals surface area contributed by atoms with Gasteiger partial charge in [0.2, 0.25) is 5.84 Å². The molecular weight excluding hydrogens is 552 g/mol. The molecule has 2 nitrogen and oxygen atoms in total. The predicted octanol–water partition coefficient (Wildman–Crippen LogP) is 9.09. The summed E-state index contributed by atoms with van der Waals surface area (Å²) in [4.78, 5) is 2.69. The van der Waals surface area contributed by atoms with Crippen molar-refractivity contribution in [3.05, 3.63) is 0 Å². The summed E-state index contributed by atoms with van der Waals surface area (Å²) >= 11 is 0. The second-order valence-corrected chi connectivity index (χ2v) is 13.1. The molecule has 1 aliphatic rings. The van der Waals surface area contributed by atoms with E-state index in [0.717, 1.165) is 6.04 Å². The monoisotopic (exact) mass is 627 g/mol. The van der Waals surface area contributed by atoms with Crippen molar-refractivity contribution in [3.63, 3.8) is 0 Å². The van der Waals surface area contributed by atoms with E-state index in [1.165, 1.54) is 199 Å². The van der Waals surface area contributed by atoms with Crippen LogP contribution in [0.2, 0.25) is 0 Å². The average molecular weight is 628 g/mol. The van der Waals surface area contributed by atoms with Gasteiger partial charge < -0.3 is 17.0 Å². The standard InChI is InChI=1S/C37H75N2.BrH/c1-5-8-10-12-14-16-18-20-22-23-25-27-29-31-33-36-35-39(7-3)37(38(36)4)34-32-30-28-26-24-21-19-17-15-13-11-9-6-2;/h36H,5-35H2,1-4H3;1H/q+1;/p-1. The van der Waals surface area contributed by atoms with E-state index in [4.69, 9.17) is 0 Å². The molecule has 1 heterocycles. The van der Waals surface area contributed by atoms with Gasteiger partial charge in [0.05, 0.1) is 13.6 Å². The van der Waals surface area contributed by atoms with E-state index < -0.39 is 0 Å². The van der Waals surface area contributed by atoms with Crippen LogP contribution in [0, 0.1) is 0 Å². The molecular formula is C37H75BrN2. The molecule has 240 valence electrons. The fourth-order valence-electron chi connectivity index (χ4n) is 6.72. The summed E-state index contributed by atoms with van der Waals surface area (Å²) in [5.41, 5.74) is 0. The van der Waals surface area contributed by atoms with Gasteiger partial charge in [-0.25, -0.2) is 0 Å². The van der Waals surface area contributed by atoms with Crippen LogP contribution in [-0.4, -0.2) is 41.5 Å². The molecule has 0 aromatic carbocycles. The summed E-state index contributed by atoms with van der Waals surface area (Å²) < 4.78 is 2.67. The fourth-order valence-corrected chi connectivity index (χ4v) is 6.72. The lowest BCUT2D eigenvalue weighted by Crippen LogP contribution is -3.00. The summed E-state index contributed by atoms with van der Waals surface area (Å²) in [5.74, 6) is 1.65. The summed E-state index contributed by atoms with van der Waals surface area (Å²) in [6.45, 7) is 9.44. The number of amidine groups is 1. The molecule has 0 amide bonds. The second-order valence-electron chi connectivity index (χ2n) is 13.1. The van der Waals surface area contributed by atoms with Gasteiger partial charge in [-0.05, 0) is 26.2 Å². The highest BCUT2D eigenvalue weighted by Crippen LogP contribution is 2.20. The first-order chi connectivity index (χ1) is 19.2. The molecule has 0 N–H and O–H groups in total. The first-order valence-corrected chi connectivity index (χ1v) is 18.6. The minimum absolute atomic E-state index is 0. The van der Waals surface area contributed by atoms with E-state index in [1.807, 2.05) is 0 Å². The smallest absolute Gasteiger partial charge is 0.247 e. The van der Waals surface area contributed by atoms with Gasteiger partial charge in [0.25, 0.3) is 0 Å². The highest BCUT2D eigenvalue weighted by molar-refractivity contribution is 5.78. The largest absolute Gasteiger partial charge is 1.00 e. The Morgan fingerprint density at radius 3 is 1.18 bits per heavy atom. The lowest BCUT2D eigenvalue weighted by Gasteiger charge is -2.11. The molecule has 0 fully saturated rings. The molecule has 0 radical (unpaired) electrons. The molecule has 0 saturated heterocycles. The van der Waals surface area contributed by atoms with Crippen LogP contribution in [0.4, 0.5) is 0 Å². The molecule has 1 rings (SSSR count). The highest BCUT2D eigenvalue weighted by atomic mass is 79.9. The first-order valence-electron chi connectivity index (χ1n) is 18.6. The van der Waals surface area contributed by atoms with E-state index in [0.29, 0.717) is 0 Å². The number of hydrogen-bond acceptors (Lipinski definition) is 1. The number of unbranched alkanes of at least 4 members (excludes halogenated alkanes) is 25. The Morgan fingerprint density at radius 1 is 0.500 bits per heavy atom. The van der Waals surface area contributed by atoms with Crippen molar-refractivity contribution in [2.24, 2.45) is 0 Å². The zero-order chi connectivity index (χ0) is 28.2. The van der Waals surface area contributed by atoms with Crippen molar-refractivity contribution in [2.45, 2.75) is 213 Å². The maximum atomic E-state index is 2.69. The zero-order valence-electron chi connectivity index (χ0n) is 28.3. The van der Waals surface area contributed by atoms with Crippen molar-refractivity contribution >= 4 is 5.84 Å². The third kappa shape index (κ3) is 21.6. The minimum Gasteiger partial charge on any atom is -1.00 e.